The van der Waals surface area contributed by atoms with Crippen LogP contribution in [0.4, 0.5) is 11.4 Å². The van der Waals surface area contributed by atoms with Crippen molar-refractivity contribution in [2.75, 3.05) is 6.54 Å². The number of carbonyl (C=O) groups excluding carboxylic acids is 1. The largest absolute Gasteiger partial charge is 0.349 e. The Bertz CT molecular complexity index is 518. The zero-order valence-electron chi connectivity index (χ0n) is 10.7. The van der Waals surface area contributed by atoms with E-state index in [0.717, 1.165) is 6.07 Å². The van der Waals surface area contributed by atoms with Crippen molar-refractivity contribution in [3.63, 3.8) is 0 Å². The van der Waals surface area contributed by atoms with E-state index in [2.05, 4.69) is 0 Å². The Labute approximate surface area is 114 Å². The SMILES string of the molecule is NCCCCC([C]=O)c1cccc([N+](=O)[O-])c1[N+](=O)[O-]. The van der Waals surface area contributed by atoms with Gasteiger partial charge in [0.25, 0.3) is 0 Å². The molecule has 8 nitrogen and oxygen atoms in total. The quantitative estimate of drug-likeness (QED) is 0.439. The van der Waals surface area contributed by atoms with Gasteiger partial charge < -0.3 is 5.73 Å². The summed E-state index contributed by atoms with van der Waals surface area (Å²) in [5, 5.41) is 21.9. The minimum atomic E-state index is -0.859. The van der Waals surface area contributed by atoms with Gasteiger partial charge in [0.1, 0.15) is 0 Å². The van der Waals surface area contributed by atoms with Crippen molar-refractivity contribution in [1.82, 2.24) is 0 Å². The second-order valence-electron chi connectivity index (χ2n) is 4.18. The van der Waals surface area contributed by atoms with Gasteiger partial charge in [-0.25, -0.2) is 0 Å². The zero-order chi connectivity index (χ0) is 15.1. The highest BCUT2D eigenvalue weighted by Crippen LogP contribution is 2.36. The van der Waals surface area contributed by atoms with E-state index >= 15 is 0 Å². The summed E-state index contributed by atoms with van der Waals surface area (Å²) in [6.45, 7) is 0.447. The molecule has 1 radical (unpaired) electrons. The lowest BCUT2D eigenvalue weighted by Crippen LogP contribution is -2.08. The van der Waals surface area contributed by atoms with Gasteiger partial charge >= 0.3 is 11.4 Å². The van der Waals surface area contributed by atoms with Crippen LogP contribution in [-0.4, -0.2) is 22.7 Å². The third-order valence-corrected chi connectivity index (χ3v) is 2.89. The smallest absolute Gasteiger partial charge is 0.330 e. The molecule has 20 heavy (non-hydrogen) atoms. The van der Waals surface area contributed by atoms with Gasteiger partial charge in [0, 0.05) is 11.6 Å². The third-order valence-electron chi connectivity index (χ3n) is 2.89. The topological polar surface area (TPSA) is 129 Å². The van der Waals surface area contributed by atoms with Crippen LogP contribution in [0.1, 0.15) is 30.7 Å². The number of rotatable bonds is 8. The van der Waals surface area contributed by atoms with Crippen LogP contribution < -0.4 is 5.73 Å². The summed E-state index contributed by atoms with van der Waals surface area (Å²) in [5.74, 6) is -0.859. The van der Waals surface area contributed by atoms with Gasteiger partial charge in [-0.1, -0.05) is 18.6 Å². The molecule has 0 aliphatic heterocycles. The van der Waals surface area contributed by atoms with Crippen LogP contribution in [0.3, 0.4) is 0 Å². The summed E-state index contributed by atoms with van der Waals surface area (Å²) in [6, 6.07) is 3.72. The Morgan fingerprint density at radius 2 is 1.90 bits per heavy atom. The van der Waals surface area contributed by atoms with Crippen LogP contribution in [0.25, 0.3) is 0 Å². The number of nitro groups is 2. The zero-order valence-corrected chi connectivity index (χ0v) is 10.7. The maximum atomic E-state index is 11.0. The van der Waals surface area contributed by atoms with Crippen LogP contribution in [0.5, 0.6) is 0 Å². The molecule has 1 aromatic rings. The lowest BCUT2D eigenvalue weighted by atomic mass is 9.93. The number of nitrogens with zero attached hydrogens (tertiary/aromatic N) is 2. The first-order chi connectivity index (χ1) is 9.52. The first kappa shape index (κ1) is 15.7. The number of benzene rings is 1. The van der Waals surface area contributed by atoms with Crippen LogP contribution in [0.15, 0.2) is 18.2 Å². The molecule has 0 saturated carbocycles. The second kappa shape index (κ2) is 7.29. The first-order valence-corrected chi connectivity index (χ1v) is 6.02. The minimum Gasteiger partial charge on any atom is -0.330 e. The van der Waals surface area contributed by atoms with Crippen molar-refractivity contribution >= 4 is 17.7 Å². The van der Waals surface area contributed by atoms with Crippen LogP contribution >= 0.6 is 0 Å². The average molecular weight is 280 g/mol. The van der Waals surface area contributed by atoms with Crippen molar-refractivity contribution in [1.29, 1.82) is 0 Å². The fourth-order valence-electron chi connectivity index (χ4n) is 1.95. The monoisotopic (exact) mass is 280 g/mol. The van der Waals surface area contributed by atoms with Gasteiger partial charge in [0.15, 0.2) is 0 Å². The molecule has 0 aromatic heterocycles. The van der Waals surface area contributed by atoms with E-state index in [1.807, 2.05) is 0 Å². The molecule has 0 heterocycles. The molecule has 1 rings (SSSR count). The number of nitro benzene ring substituents is 2. The molecule has 1 atom stereocenters. The maximum Gasteiger partial charge on any atom is 0.349 e. The fraction of sp³-hybridized carbons (Fsp3) is 0.417. The summed E-state index contributed by atoms with van der Waals surface area (Å²) in [6.07, 6.45) is 3.30. The van der Waals surface area contributed by atoms with Gasteiger partial charge in [0.05, 0.1) is 15.8 Å². The number of hydrogen-bond donors (Lipinski definition) is 1. The van der Waals surface area contributed by atoms with Crippen molar-refractivity contribution in [2.45, 2.75) is 25.2 Å². The Morgan fingerprint density at radius 3 is 2.40 bits per heavy atom. The highest BCUT2D eigenvalue weighted by atomic mass is 16.6. The number of para-hydroxylation sites is 1. The molecule has 8 heteroatoms. The van der Waals surface area contributed by atoms with Crippen LogP contribution in [0.2, 0.25) is 0 Å². The molecule has 0 saturated heterocycles. The van der Waals surface area contributed by atoms with Gasteiger partial charge in [-0.2, -0.15) is 0 Å². The van der Waals surface area contributed by atoms with E-state index in [4.69, 9.17) is 5.73 Å². The lowest BCUT2D eigenvalue weighted by Gasteiger charge is -2.09. The molecule has 2 N–H and O–H groups in total. The van der Waals surface area contributed by atoms with Crippen molar-refractivity contribution in [3.8, 4) is 0 Å². The average Bonchev–Trinajstić information content (AvgIpc) is 2.42. The van der Waals surface area contributed by atoms with E-state index < -0.39 is 27.1 Å². The molecule has 0 aliphatic carbocycles. The van der Waals surface area contributed by atoms with E-state index in [-0.39, 0.29) is 5.56 Å². The molecular weight excluding hydrogens is 266 g/mol. The predicted molar refractivity (Wildman–Crippen MR) is 71.1 cm³/mol. The number of hydrogen-bond acceptors (Lipinski definition) is 6. The van der Waals surface area contributed by atoms with Gasteiger partial charge in [-0.3, -0.25) is 25.0 Å². The Hall–Kier alpha value is -2.35. The molecular formula is C12H14N3O5. The highest BCUT2D eigenvalue weighted by Gasteiger charge is 2.31. The lowest BCUT2D eigenvalue weighted by molar-refractivity contribution is -0.423. The second-order valence-corrected chi connectivity index (χ2v) is 4.18. The minimum absolute atomic E-state index is 0.0243. The molecule has 0 spiro atoms. The standard InChI is InChI=1S/C12H14N3O5/c13-7-2-1-4-9(8-16)10-5-3-6-11(14(17)18)12(10)15(19)20/h3,5-6,9H,1-2,4,7,13H2. The molecule has 0 amide bonds. The summed E-state index contributed by atoms with van der Waals surface area (Å²) >= 11 is 0. The Balaban J connectivity index is 3.20. The predicted octanol–water partition coefficient (Wildman–Crippen LogP) is 1.83. The van der Waals surface area contributed by atoms with Gasteiger partial charge in [0.2, 0.25) is 6.29 Å². The molecule has 0 aliphatic rings. The highest BCUT2D eigenvalue weighted by molar-refractivity contribution is 5.70. The molecule has 0 bridgehead atoms. The summed E-state index contributed by atoms with van der Waals surface area (Å²) in [5.41, 5.74) is 4.11. The van der Waals surface area contributed by atoms with Gasteiger partial charge in [-0.15, -0.1) is 0 Å². The number of nitrogens with two attached hydrogens (primary N) is 1. The Kier molecular flexibility index (Phi) is 5.73. The van der Waals surface area contributed by atoms with Crippen LogP contribution in [0, 0.1) is 20.2 Å². The van der Waals surface area contributed by atoms with Gasteiger partial charge in [-0.05, 0) is 19.4 Å². The molecule has 0 fully saturated rings. The van der Waals surface area contributed by atoms with E-state index in [1.165, 1.54) is 12.1 Å². The van der Waals surface area contributed by atoms with Crippen LogP contribution in [-0.2, 0) is 4.79 Å². The Morgan fingerprint density at radius 1 is 1.20 bits per heavy atom. The fourth-order valence-corrected chi connectivity index (χ4v) is 1.95. The van der Waals surface area contributed by atoms with E-state index in [1.54, 1.807) is 6.29 Å². The molecule has 1 aromatic carbocycles. The summed E-state index contributed by atoms with van der Waals surface area (Å²) < 4.78 is 0. The molecule has 107 valence electrons. The number of unbranched alkanes of at least 4 members (excludes halogenated alkanes) is 1. The maximum absolute atomic E-state index is 11.0. The van der Waals surface area contributed by atoms with Crippen molar-refractivity contribution < 1.29 is 14.6 Å². The van der Waals surface area contributed by atoms with Crippen molar-refractivity contribution in [2.24, 2.45) is 5.73 Å². The van der Waals surface area contributed by atoms with E-state index in [0.29, 0.717) is 25.8 Å². The first-order valence-electron chi connectivity index (χ1n) is 6.02. The normalized spacial score (nSPS) is 11.8. The van der Waals surface area contributed by atoms with Crippen molar-refractivity contribution in [3.05, 3.63) is 44.0 Å². The molecule has 1 unspecified atom stereocenters. The third kappa shape index (κ3) is 3.58. The summed E-state index contributed by atoms with van der Waals surface area (Å²) in [4.78, 5) is 31.2. The van der Waals surface area contributed by atoms with E-state index in [9.17, 15) is 25.0 Å². The summed E-state index contributed by atoms with van der Waals surface area (Å²) in [7, 11) is 0.